The Morgan fingerprint density at radius 1 is 1.21 bits per heavy atom. The number of anilines is 1. The summed E-state index contributed by atoms with van der Waals surface area (Å²) in [6.07, 6.45) is 0. The van der Waals surface area contributed by atoms with Gasteiger partial charge in [-0.2, -0.15) is 0 Å². The van der Waals surface area contributed by atoms with Gasteiger partial charge in [0.05, 0.1) is 17.3 Å². The van der Waals surface area contributed by atoms with Gasteiger partial charge in [-0.05, 0) is 29.8 Å². The van der Waals surface area contributed by atoms with Crippen LogP contribution in [0.5, 0.6) is 0 Å². The molecule has 2 aromatic rings. The molecular formula is C14H14N2O3. The van der Waals surface area contributed by atoms with Crippen LogP contribution < -0.4 is 11.1 Å². The number of fused-ring (bicyclic) bond motifs is 1. The lowest BCUT2D eigenvalue weighted by Gasteiger charge is -2.11. The van der Waals surface area contributed by atoms with Gasteiger partial charge < -0.3 is 16.2 Å². The van der Waals surface area contributed by atoms with E-state index in [2.05, 4.69) is 5.32 Å². The van der Waals surface area contributed by atoms with Gasteiger partial charge in [-0.25, -0.2) is 4.79 Å². The fourth-order valence-corrected chi connectivity index (χ4v) is 1.77. The number of hydrogen-bond donors (Lipinski definition) is 3. The van der Waals surface area contributed by atoms with Crippen LogP contribution in [-0.4, -0.2) is 23.0 Å². The van der Waals surface area contributed by atoms with E-state index in [-0.39, 0.29) is 11.3 Å². The van der Waals surface area contributed by atoms with Gasteiger partial charge in [-0.15, -0.1) is 0 Å². The van der Waals surface area contributed by atoms with Crippen LogP contribution in [0.4, 0.5) is 5.69 Å². The molecule has 0 bridgehead atoms. The van der Waals surface area contributed by atoms with Crippen molar-refractivity contribution < 1.29 is 14.7 Å². The standard InChI is InChI=1S/C14H14N2O3/c1-8(15)13(17)16-12-7-10-5-3-2-4-9(10)6-11(12)14(18)19/h2-8H,15H2,1H3,(H,16,17)(H,18,19)/t8-/m0/s1. The Morgan fingerprint density at radius 2 is 1.79 bits per heavy atom. The summed E-state index contributed by atoms with van der Waals surface area (Å²) in [6.45, 7) is 1.54. The summed E-state index contributed by atoms with van der Waals surface area (Å²) in [5.41, 5.74) is 5.77. The van der Waals surface area contributed by atoms with Crippen LogP contribution in [0, 0.1) is 0 Å². The van der Waals surface area contributed by atoms with Gasteiger partial charge in [0.2, 0.25) is 5.91 Å². The summed E-state index contributed by atoms with van der Waals surface area (Å²) in [5, 5.41) is 13.4. The van der Waals surface area contributed by atoms with E-state index in [0.29, 0.717) is 0 Å². The van der Waals surface area contributed by atoms with Crippen molar-refractivity contribution in [3.63, 3.8) is 0 Å². The molecule has 0 aliphatic heterocycles. The topological polar surface area (TPSA) is 92.4 Å². The zero-order chi connectivity index (χ0) is 14.0. The number of rotatable bonds is 3. The summed E-state index contributed by atoms with van der Waals surface area (Å²) in [6, 6.07) is 9.82. The number of nitrogens with two attached hydrogens (primary N) is 1. The van der Waals surface area contributed by atoms with Crippen molar-refractivity contribution in [3.8, 4) is 0 Å². The van der Waals surface area contributed by atoms with Crippen LogP contribution in [0.1, 0.15) is 17.3 Å². The fraction of sp³-hybridized carbons (Fsp3) is 0.143. The fourth-order valence-electron chi connectivity index (χ4n) is 1.77. The maximum atomic E-state index is 11.6. The lowest BCUT2D eigenvalue weighted by Crippen LogP contribution is -2.33. The molecule has 0 radical (unpaired) electrons. The molecule has 0 heterocycles. The highest BCUT2D eigenvalue weighted by Crippen LogP contribution is 2.24. The van der Waals surface area contributed by atoms with Gasteiger partial charge in [-0.1, -0.05) is 24.3 Å². The number of carbonyl (C=O) groups is 2. The highest BCUT2D eigenvalue weighted by Gasteiger charge is 2.15. The number of benzene rings is 2. The molecule has 0 saturated carbocycles. The third kappa shape index (κ3) is 2.71. The minimum atomic E-state index is -1.09. The van der Waals surface area contributed by atoms with E-state index < -0.39 is 17.9 Å². The highest BCUT2D eigenvalue weighted by atomic mass is 16.4. The summed E-state index contributed by atoms with van der Waals surface area (Å²) >= 11 is 0. The molecule has 0 aliphatic carbocycles. The zero-order valence-electron chi connectivity index (χ0n) is 10.4. The molecule has 98 valence electrons. The second-order valence-corrected chi connectivity index (χ2v) is 4.33. The summed E-state index contributed by atoms with van der Waals surface area (Å²) in [7, 11) is 0. The second kappa shape index (κ2) is 5.07. The van der Waals surface area contributed by atoms with Gasteiger partial charge in [0, 0.05) is 0 Å². The molecule has 1 atom stereocenters. The molecule has 2 rings (SSSR count). The van der Waals surface area contributed by atoms with Crippen molar-refractivity contribution in [2.75, 3.05) is 5.32 Å². The van der Waals surface area contributed by atoms with E-state index in [4.69, 9.17) is 5.73 Å². The van der Waals surface area contributed by atoms with Gasteiger partial charge in [0.1, 0.15) is 0 Å². The van der Waals surface area contributed by atoms with Crippen molar-refractivity contribution in [1.82, 2.24) is 0 Å². The van der Waals surface area contributed by atoms with Crippen LogP contribution in [0.15, 0.2) is 36.4 Å². The number of carboxylic acid groups (broad SMARTS) is 1. The van der Waals surface area contributed by atoms with E-state index >= 15 is 0 Å². The van der Waals surface area contributed by atoms with E-state index in [1.165, 1.54) is 13.0 Å². The Bertz CT molecular complexity index is 650. The quantitative estimate of drug-likeness (QED) is 0.783. The van der Waals surface area contributed by atoms with Crippen molar-refractivity contribution in [3.05, 3.63) is 42.0 Å². The normalized spacial score (nSPS) is 12.1. The Morgan fingerprint density at radius 3 is 2.32 bits per heavy atom. The molecule has 1 amide bonds. The van der Waals surface area contributed by atoms with Crippen LogP contribution in [0.2, 0.25) is 0 Å². The average molecular weight is 258 g/mol. The third-order valence-corrected chi connectivity index (χ3v) is 2.79. The molecule has 5 heteroatoms. The summed E-state index contributed by atoms with van der Waals surface area (Å²) in [4.78, 5) is 22.8. The molecule has 19 heavy (non-hydrogen) atoms. The first kappa shape index (κ1) is 13.0. The maximum Gasteiger partial charge on any atom is 0.337 e. The Balaban J connectivity index is 2.53. The van der Waals surface area contributed by atoms with Gasteiger partial charge in [0.15, 0.2) is 0 Å². The van der Waals surface area contributed by atoms with Gasteiger partial charge in [0.25, 0.3) is 0 Å². The monoisotopic (exact) mass is 258 g/mol. The van der Waals surface area contributed by atoms with E-state index in [1.807, 2.05) is 24.3 Å². The minimum Gasteiger partial charge on any atom is -0.478 e. The van der Waals surface area contributed by atoms with E-state index in [0.717, 1.165) is 10.8 Å². The number of amides is 1. The lowest BCUT2D eigenvalue weighted by atomic mass is 10.0. The first-order valence-electron chi connectivity index (χ1n) is 5.81. The molecule has 2 aromatic carbocycles. The summed E-state index contributed by atoms with van der Waals surface area (Å²) < 4.78 is 0. The Hall–Kier alpha value is -2.40. The smallest absolute Gasteiger partial charge is 0.337 e. The zero-order valence-corrected chi connectivity index (χ0v) is 10.4. The largest absolute Gasteiger partial charge is 0.478 e. The Labute approximate surface area is 110 Å². The molecule has 0 unspecified atom stereocenters. The molecule has 0 spiro atoms. The van der Waals surface area contributed by atoms with Crippen LogP contribution in [0.25, 0.3) is 10.8 Å². The highest BCUT2D eigenvalue weighted by molar-refractivity contribution is 6.06. The minimum absolute atomic E-state index is 0.0488. The molecule has 5 nitrogen and oxygen atoms in total. The molecule has 4 N–H and O–H groups in total. The molecule has 0 aromatic heterocycles. The SMILES string of the molecule is C[C@H](N)C(=O)Nc1cc2ccccc2cc1C(=O)O. The number of aromatic carboxylic acids is 1. The number of carbonyl (C=O) groups excluding carboxylic acids is 1. The predicted octanol–water partition coefficient (Wildman–Crippen LogP) is 1.82. The van der Waals surface area contributed by atoms with Crippen LogP contribution in [0.3, 0.4) is 0 Å². The van der Waals surface area contributed by atoms with E-state index in [1.54, 1.807) is 6.07 Å². The summed E-state index contributed by atoms with van der Waals surface area (Å²) in [5.74, 6) is -1.51. The molecule has 0 aliphatic rings. The maximum absolute atomic E-state index is 11.6. The third-order valence-electron chi connectivity index (χ3n) is 2.79. The second-order valence-electron chi connectivity index (χ2n) is 4.33. The van der Waals surface area contributed by atoms with E-state index in [9.17, 15) is 14.7 Å². The number of carboxylic acids is 1. The predicted molar refractivity (Wildman–Crippen MR) is 73.2 cm³/mol. The lowest BCUT2D eigenvalue weighted by molar-refractivity contribution is -0.117. The Kier molecular flexibility index (Phi) is 3.48. The van der Waals surface area contributed by atoms with Crippen molar-refractivity contribution in [2.24, 2.45) is 5.73 Å². The number of hydrogen-bond acceptors (Lipinski definition) is 3. The average Bonchev–Trinajstić information content (AvgIpc) is 2.37. The van der Waals surface area contributed by atoms with Gasteiger partial charge >= 0.3 is 5.97 Å². The molecule has 0 saturated heterocycles. The molecule has 0 fully saturated rings. The molecular weight excluding hydrogens is 244 g/mol. The van der Waals surface area contributed by atoms with Gasteiger partial charge in [-0.3, -0.25) is 4.79 Å². The first-order valence-corrected chi connectivity index (χ1v) is 5.81. The van der Waals surface area contributed by atoms with Crippen LogP contribution >= 0.6 is 0 Å². The van der Waals surface area contributed by atoms with Crippen molar-refractivity contribution in [1.29, 1.82) is 0 Å². The number of nitrogens with one attached hydrogen (secondary N) is 1. The first-order chi connectivity index (χ1) is 8.99. The van der Waals surface area contributed by atoms with Crippen LogP contribution in [-0.2, 0) is 4.79 Å². The van der Waals surface area contributed by atoms with Crippen molar-refractivity contribution >= 4 is 28.3 Å². The van der Waals surface area contributed by atoms with Crippen molar-refractivity contribution in [2.45, 2.75) is 13.0 Å².